The number of hydrogen-bond donors (Lipinski definition) is 0. The summed E-state index contributed by atoms with van der Waals surface area (Å²) in [7, 11) is 0. The highest BCUT2D eigenvalue weighted by Crippen LogP contribution is 2.33. The third kappa shape index (κ3) is 1.96. The smallest absolute Gasteiger partial charge is 0.0414 e. The third-order valence-electron chi connectivity index (χ3n) is 1.45. The van der Waals surface area contributed by atoms with Crippen LogP contribution in [0.2, 0.25) is 0 Å². The van der Waals surface area contributed by atoms with Gasteiger partial charge in [-0.1, -0.05) is 12.8 Å². The average molecular weight is 113 g/mol. The zero-order valence-electron chi connectivity index (χ0n) is 4.72. The van der Waals surface area contributed by atoms with Crippen LogP contribution in [-0.4, -0.2) is 5.97 Å². The van der Waals surface area contributed by atoms with Crippen molar-refractivity contribution in [2.75, 3.05) is 0 Å². The van der Waals surface area contributed by atoms with Crippen molar-refractivity contribution < 1.29 is 9.90 Å². The van der Waals surface area contributed by atoms with Crippen molar-refractivity contribution in [1.29, 1.82) is 0 Å². The molecule has 0 unspecified atom stereocenters. The molecule has 0 saturated heterocycles. The fraction of sp³-hybridized carbons (Fsp3) is 0.833. The summed E-state index contributed by atoms with van der Waals surface area (Å²) in [6.45, 7) is 0. The van der Waals surface area contributed by atoms with Crippen LogP contribution in [0.5, 0.6) is 0 Å². The third-order valence-corrected chi connectivity index (χ3v) is 1.45. The molecule has 2 nitrogen and oxygen atoms in total. The van der Waals surface area contributed by atoms with E-state index < -0.39 is 5.97 Å². The first-order chi connectivity index (χ1) is 3.79. The van der Waals surface area contributed by atoms with Crippen LogP contribution in [0.25, 0.3) is 0 Å². The SMILES string of the molecule is O=C([O-])CCC1CC1. The van der Waals surface area contributed by atoms with Crippen LogP contribution >= 0.6 is 0 Å². The summed E-state index contributed by atoms with van der Waals surface area (Å²) in [5, 5.41) is 9.82. The van der Waals surface area contributed by atoms with E-state index in [4.69, 9.17) is 0 Å². The Labute approximate surface area is 48.5 Å². The Morgan fingerprint density at radius 1 is 1.62 bits per heavy atom. The summed E-state index contributed by atoms with van der Waals surface area (Å²) in [5.41, 5.74) is 0. The van der Waals surface area contributed by atoms with E-state index in [1.165, 1.54) is 12.8 Å². The lowest BCUT2D eigenvalue weighted by molar-refractivity contribution is -0.305. The predicted molar refractivity (Wildman–Crippen MR) is 27.0 cm³/mol. The lowest BCUT2D eigenvalue weighted by Crippen LogP contribution is -2.21. The summed E-state index contributed by atoms with van der Waals surface area (Å²) in [6.07, 6.45) is 3.55. The molecule has 0 aromatic rings. The lowest BCUT2D eigenvalue weighted by Gasteiger charge is -1.96. The summed E-state index contributed by atoms with van der Waals surface area (Å²) in [5.74, 6) is -0.190. The zero-order valence-corrected chi connectivity index (χ0v) is 4.72. The quantitative estimate of drug-likeness (QED) is 0.514. The van der Waals surface area contributed by atoms with Crippen molar-refractivity contribution in [3.63, 3.8) is 0 Å². The molecule has 0 atom stereocenters. The second-order valence-corrected chi connectivity index (χ2v) is 2.35. The topological polar surface area (TPSA) is 40.1 Å². The van der Waals surface area contributed by atoms with Crippen LogP contribution in [0.4, 0.5) is 0 Å². The molecule has 0 bridgehead atoms. The van der Waals surface area contributed by atoms with Crippen LogP contribution in [-0.2, 0) is 4.79 Å². The number of hydrogen-bond acceptors (Lipinski definition) is 2. The first-order valence-electron chi connectivity index (χ1n) is 2.99. The van der Waals surface area contributed by atoms with Crippen LogP contribution < -0.4 is 5.11 Å². The molecule has 0 aliphatic heterocycles. The summed E-state index contributed by atoms with van der Waals surface area (Å²) >= 11 is 0. The Kier molecular flexibility index (Phi) is 1.51. The minimum atomic E-state index is -0.906. The van der Waals surface area contributed by atoms with Crippen LogP contribution in [0.1, 0.15) is 25.7 Å². The molecule has 0 aromatic heterocycles. The molecule has 8 heavy (non-hydrogen) atoms. The van der Waals surface area contributed by atoms with Gasteiger partial charge in [0.15, 0.2) is 0 Å². The molecule has 1 rings (SSSR count). The minimum Gasteiger partial charge on any atom is -0.550 e. The van der Waals surface area contributed by atoms with Gasteiger partial charge in [0, 0.05) is 5.97 Å². The first-order valence-corrected chi connectivity index (χ1v) is 2.99. The molecule has 1 fully saturated rings. The molecule has 0 heterocycles. The molecule has 0 N–H and O–H groups in total. The number of carboxylic acids is 1. The van der Waals surface area contributed by atoms with Gasteiger partial charge < -0.3 is 9.90 Å². The number of carbonyl (C=O) groups excluding carboxylic acids is 1. The highest BCUT2D eigenvalue weighted by molar-refractivity contribution is 5.64. The van der Waals surface area contributed by atoms with Crippen molar-refractivity contribution in [3.8, 4) is 0 Å². The molecule has 1 aliphatic rings. The number of aliphatic carboxylic acids is 1. The molecule has 0 spiro atoms. The molecule has 0 aromatic carbocycles. The fourth-order valence-electron chi connectivity index (χ4n) is 0.729. The second-order valence-electron chi connectivity index (χ2n) is 2.35. The van der Waals surface area contributed by atoms with Gasteiger partial charge in [0.05, 0.1) is 0 Å². The molecule has 46 valence electrons. The Morgan fingerprint density at radius 2 is 2.25 bits per heavy atom. The number of carbonyl (C=O) groups is 1. The van der Waals surface area contributed by atoms with E-state index in [0.29, 0.717) is 5.92 Å². The fourth-order valence-corrected chi connectivity index (χ4v) is 0.729. The molecule has 1 saturated carbocycles. The average Bonchev–Trinajstić information content (AvgIpc) is 2.41. The summed E-state index contributed by atoms with van der Waals surface area (Å²) in [6, 6.07) is 0. The van der Waals surface area contributed by atoms with Crippen LogP contribution in [0, 0.1) is 5.92 Å². The van der Waals surface area contributed by atoms with Gasteiger partial charge in [-0.25, -0.2) is 0 Å². The molecular formula is C6H9O2-. The minimum absolute atomic E-state index is 0.255. The Balaban J connectivity index is 1.95. The van der Waals surface area contributed by atoms with Crippen molar-refractivity contribution >= 4 is 5.97 Å². The Bertz CT molecular complexity index is 94.7. The van der Waals surface area contributed by atoms with E-state index in [1.807, 2.05) is 0 Å². The molecule has 0 amide bonds. The van der Waals surface area contributed by atoms with Gasteiger partial charge in [-0.15, -0.1) is 0 Å². The van der Waals surface area contributed by atoms with E-state index in [-0.39, 0.29) is 6.42 Å². The van der Waals surface area contributed by atoms with E-state index in [2.05, 4.69) is 0 Å². The second kappa shape index (κ2) is 2.16. The zero-order chi connectivity index (χ0) is 5.98. The van der Waals surface area contributed by atoms with E-state index in [0.717, 1.165) is 6.42 Å². The van der Waals surface area contributed by atoms with E-state index in [1.54, 1.807) is 0 Å². The molecule has 0 radical (unpaired) electrons. The van der Waals surface area contributed by atoms with Gasteiger partial charge in [-0.05, 0) is 18.8 Å². The maximum absolute atomic E-state index is 9.82. The van der Waals surface area contributed by atoms with Gasteiger partial charge in [-0.3, -0.25) is 0 Å². The Hall–Kier alpha value is -0.530. The van der Waals surface area contributed by atoms with Crippen LogP contribution in [0.3, 0.4) is 0 Å². The van der Waals surface area contributed by atoms with Gasteiger partial charge in [0.1, 0.15) is 0 Å². The maximum Gasteiger partial charge on any atom is 0.0414 e. The van der Waals surface area contributed by atoms with E-state index >= 15 is 0 Å². The van der Waals surface area contributed by atoms with Gasteiger partial charge >= 0.3 is 0 Å². The highest BCUT2D eigenvalue weighted by atomic mass is 16.4. The summed E-state index contributed by atoms with van der Waals surface area (Å²) in [4.78, 5) is 9.82. The summed E-state index contributed by atoms with van der Waals surface area (Å²) < 4.78 is 0. The first kappa shape index (κ1) is 5.60. The molecular weight excluding hydrogens is 104 g/mol. The maximum atomic E-state index is 9.82. The van der Waals surface area contributed by atoms with Gasteiger partial charge in [0.2, 0.25) is 0 Å². The Morgan fingerprint density at radius 3 is 2.62 bits per heavy atom. The van der Waals surface area contributed by atoms with Gasteiger partial charge in [-0.2, -0.15) is 0 Å². The van der Waals surface area contributed by atoms with Crippen molar-refractivity contribution in [2.24, 2.45) is 5.92 Å². The van der Waals surface area contributed by atoms with Crippen LogP contribution in [0.15, 0.2) is 0 Å². The molecule has 1 aliphatic carbocycles. The van der Waals surface area contributed by atoms with Crippen molar-refractivity contribution in [3.05, 3.63) is 0 Å². The monoisotopic (exact) mass is 113 g/mol. The predicted octanol–water partition coefficient (Wildman–Crippen LogP) is -0.0735. The largest absolute Gasteiger partial charge is 0.550 e. The normalized spacial score (nSPS) is 18.5. The number of carboxylic acid groups (broad SMARTS) is 1. The van der Waals surface area contributed by atoms with Crippen molar-refractivity contribution in [1.82, 2.24) is 0 Å². The van der Waals surface area contributed by atoms with Crippen molar-refractivity contribution in [2.45, 2.75) is 25.7 Å². The number of rotatable bonds is 3. The highest BCUT2D eigenvalue weighted by Gasteiger charge is 2.19. The standard InChI is InChI=1S/C6H10O2/c7-6(8)4-3-5-1-2-5/h5H,1-4H2,(H,7,8)/p-1. The molecule has 2 heteroatoms. The van der Waals surface area contributed by atoms with E-state index in [9.17, 15) is 9.90 Å². The van der Waals surface area contributed by atoms with Gasteiger partial charge in [0.25, 0.3) is 0 Å². The lowest BCUT2D eigenvalue weighted by atomic mass is 10.2.